The zero-order valence-electron chi connectivity index (χ0n) is 12.3. The quantitative estimate of drug-likeness (QED) is 0.794. The van der Waals surface area contributed by atoms with E-state index in [1.165, 1.54) is 30.6 Å². The molecular weight excluding hydrogens is 326 g/mol. The smallest absolute Gasteiger partial charge is 0.250 e. The minimum atomic E-state index is -3.43. The van der Waals surface area contributed by atoms with Crippen molar-refractivity contribution >= 4 is 33.1 Å². The Kier molecular flexibility index (Phi) is 6.14. The Morgan fingerprint density at radius 3 is 2.67 bits per heavy atom. The number of aliphatic hydroxyl groups excluding tert-OH is 1. The van der Waals surface area contributed by atoms with Crippen LogP contribution in [0.3, 0.4) is 0 Å². The molecule has 1 aliphatic rings. The van der Waals surface area contributed by atoms with Crippen molar-refractivity contribution in [3.8, 4) is 0 Å². The van der Waals surface area contributed by atoms with Gasteiger partial charge in [0, 0.05) is 29.2 Å². The van der Waals surface area contributed by atoms with Gasteiger partial charge in [-0.05, 0) is 31.2 Å². The summed E-state index contributed by atoms with van der Waals surface area (Å²) in [4.78, 5) is 0.898. The molecule has 0 radical (unpaired) electrons. The molecule has 1 aromatic rings. The summed E-state index contributed by atoms with van der Waals surface area (Å²) in [5, 5.41) is 8.91. The number of rotatable bonds is 7. The van der Waals surface area contributed by atoms with Crippen LogP contribution in [-0.4, -0.2) is 37.7 Å². The van der Waals surface area contributed by atoms with Crippen molar-refractivity contribution in [1.82, 2.24) is 4.72 Å². The van der Waals surface area contributed by atoms with Gasteiger partial charge in [0.2, 0.25) is 10.0 Å². The van der Waals surface area contributed by atoms with Gasteiger partial charge >= 0.3 is 0 Å². The van der Waals surface area contributed by atoms with Crippen molar-refractivity contribution in [2.45, 2.75) is 47.5 Å². The van der Waals surface area contributed by atoms with E-state index >= 15 is 0 Å². The highest BCUT2D eigenvalue weighted by atomic mass is 32.2. The van der Waals surface area contributed by atoms with Crippen molar-refractivity contribution in [3.05, 3.63) is 17.0 Å². The monoisotopic (exact) mass is 349 g/mol. The first kappa shape index (κ1) is 17.3. The van der Waals surface area contributed by atoms with E-state index in [9.17, 15) is 8.42 Å². The molecule has 0 bridgehead atoms. The molecule has 2 rings (SSSR count). The van der Waals surface area contributed by atoms with E-state index in [4.69, 9.17) is 5.11 Å². The fraction of sp³-hybridized carbons (Fsp3) is 0.714. The van der Waals surface area contributed by atoms with Crippen LogP contribution >= 0.6 is 23.1 Å². The zero-order valence-corrected chi connectivity index (χ0v) is 14.7. The third-order valence-corrected chi connectivity index (χ3v) is 8.50. The Morgan fingerprint density at radius 1 is 1.33 bits per heavy atom. The van der Waals surface area contributed by atoms with E-state index in [0.717, 1.165) is 17.7 Å². The van der Waals surface area contributed by atoms with Crippen LogP contribution in [0.25, 0.3) is 0 Å². The Hall–Kier alpha value is -0.0800. The molecule has 0 aliphatic heterocycles. The van der Waals surface area contributed by atoms with E-state index in [1.54, 1.807) is 23.9 Å². The topological polar surface area (TPSA) is 66.4 Å². The van der Waals surface area contributed by atoms with Crippen molar-refractivity contribution in [3.63, 3.8) is 0 Å². The second-order valence-electron chi connectivity index (χ2n) is 5.47. The summed E-state index contributed by atoms with van der Waals surface area (Å²) in [6.07, 6.45) is 8.36. The Labute approximate surface area is 135 Å². The molecule has 0 aromatic carbocycles. The highest BCUT2D eigenvalue weighted by molar-refractivity contribution is 8.00. The summed E-state index contributed by atoms with van der Waals surface area (Å²) in [7, 11) is -3.43. The van der Waals surface area contributed by atoms with E-state index in [0.29, 0.717) is 17.2 Å². The van der Waals surface area contributed by atoms with Gasteiger partial charge in [0.05, 0.1) is 0 Å². The predicted molar refractivity (Wildman–Crippen MR) is 89.6 cm³/mol. The molecule has 0 saturated heterocycles. The maximum absolute atomic E-state index is 12.4. The van der Waals surface area contributed by atoms with Crippen LogP contribution in [0.2, 0.25) is 0 Å². The van der Waals surface area contributed by atoms with Crippen LogP contribution in [0.15, 0.2) is 16.3 Å². The Balaban J connectivity index is 2.02. The molecule has 1 fully saturated rings. The van der Waals surface area contributed by atoms with Gasteiger partial charge in [-0.3, -0.25) is 0 Å². The molecule has 2 N–H and O–H groups in total. The van der Waals surface area contributed by atoms with Gasteiger partial charge in [-0.1, -0.05) is 19.3 Å². The number of hydrogen-bond acceptors (Lipinski definition) is 5. The fourth-order valence-electron chi connectivity index (χ4n) is 2.69. The molecule has 1 aliphatic carbocycles. The summed E-state index contributed by atoms with van der Waals surface area (Å²) in [6, 6.07) is 3.41. The number of thioether (sulfide) groups is 1. The van der Waals surface area contributed by atoms with E-state index in [-0.39, 0.29) is 11.4 Å². The van der Waals surface area contributed by atoms with Crippen molar-refractivity contribution in [1.29, 1.82) is 0 Å². The number of hydrogen-bond donors (Lipinski definition) is 2. The zero-order chi connectivity index (χ0) is 15.3. The van der Waals surface area contributed by atoms with Crippen molar-refractivity contribution in [2.75, 3.05) is 19.4 Å². The third-order valence-electron chi connectivity index (χ3n) is 4.04. The average Bonchev–Trinajstić information content (AvgIpc) is 2.96. The molecule has 1 aromatic heterocycles. The lowest BCUT2D eigenvalue weighted by Gasteiger charge is -2.35. The standard InChI is InChI=1S/C14H23NO3S3/c1-19-14(8-3-2-4-9-14)11-15-21(17,18)13-6-5-12(20-13)7-10-16/h5-6,15-16H,2-4,7-11H2,1H3. The Morgan fingerprint density at radius 2 is 2.05 bits per heavy atom. The van der Waals surface area contributed by atoms with Gasteiger partial charge in [-0.15, -0.1) is 11.3 Å². The van der Waals surface area contributed by atoms with Crippen molar-refractivity contribution < 1.29 is 13.5 Å². The van der Waals surface area contributed by atoms with Crippen molar-refractivity contribution in [2.24, 2.45) is 0 Å². The molecule has 0 atom stereocenters. The molecule has 4 nitrogen and oxygen atoms in total. The van der Waals surface area contributed by atoms with Crippen LogP contribution in [0.1, 0.15) is 37.0 Å². The summed E-state index contributed by atoms with van der Waals surface area (Å²) < 4.78 is 27.9. The molecule has 0 amide bonds. The molecule has 1 heterocycles. The fourth-order valence-corrected chi connectivity index (χ4v) is 6.22. The van der Waals surface area contributed by atoms with Gasteiger partial charge < -0.3 is 5.11 Å². The first-order valence-electron chi connectivity index (χ1n) is 7.26. The number of thiophene rings is 1. The molecular formula is C14H23NO3S3. The summed E-state index contributed by atoms with van der Waals surface area (Å²) in [6.45, 7) is 0.548. The molecule has 0 spiro atoms. The van der Waals surface area contributed by atoms with Crippen LogP contribution in [0.5, 0.6) is 0 Å². The maximum atomic E-state index is 12.4. The lowest BCUT2D eigenvalue weighted by atomic mass is 9.88. The summed E-state index contributed by atoms with van der Waals surface area (Å²) >= 11 is 3.03. The van der Waals surface area contributed by atoms with Gasteiger partial charge in [0.15, 0.2) is 0 Å². The SMILES string of the molecule is CSC1(CNS(=O)(=O)c2ccc(CCO)s2)CCCCC1. The maximum Gasteiger partial charge on any atom is 0.250 e. The largest absolute Gasteiger partial charge is 0.396 e. The highest BCUT2D eigenvalue weighted by Gasteiger charge is 2.32. The summed E-state index contributed by atoms with van der Waals surface area (Å²) in [5.74, 6) is 0. The minimum absolute atomic E-state index is 0.0447. The number of sulfonamides is 1. The van der Waals surface area contributed by atoms with Gasteiger partial charge in [-0.25, -0.2) is 13.1 Å². The molecule has 0 unspecified atom stereocenters. The first-order valence-corrected chi connectivity index (χ1v) is 10.8. The van der Waals surface area contributed by atoms with Crippen LogP contribution in [-0.2, 0) is 16.4 Å². The second-order valence-corrected chi connectivity index (χ2v) is 9.90. The van der Waals surface area contributed by atoms with E-state index < -0.39 is 10.0 Å². The van der Waals surface area contributed by atoms with E-state index in [1.807, 2.05) is 0 Å². The summed E-state index contributed by atoms with van der Waals surface area (Å²) in [5.41, 5.74) is 0. The normalized spacial score (nSPS) is 18.8. The average molecular weight is 350 g/mol. The van der Waals surface area contributed by atoms with Crippen LogP contribution in [0, 0.1) is 0 Å². The van der Waals surface area contributed by atoms with Gasteiger partial charge in [-0.2, -0.15) is 11.8 Å². The van der Waals surface area contributed by atoms with E-state index in [2.05, 4.69) is 11.0 Å². The Bertz CT molecular complexity index is 548. The lowest BCUT2D eigenvalue weighted by Crippen LogP contribution is -2.41. The van der Waals surface area contributed by atoms with Crippen LogP contribution < -0.4 is 4.72 Å². The number of nitrogens with one attached hydrogen (secondary N) is 1. The molecule has 7 heteroatoms. The van der Waals surface area contributed by atoms with Gasteiger partial charge in [0.25, 0.3) is 0 Å². The molecule has 120 valence electrons. The minimum Gasteiger partial charge on any atom is -0.396 e. The van der Waals surface area contributed by atoms with Gasteiger partial charge in [0.1, 0.15) is 4.21 Å². The number of aliphatic hydroxyl groups is 1. The highest BCUT2D eigenvalue weighted by Crippen LogP contribution is 2.38. The van der Waals surface area contributed by atoms with Crippen LogP contribution in [0.4, 0.5) is 0 Å². The third kappa shape index (κ3) is 4.45. The molecule has 1 saturated carbocycles. The first-order chi connectivity index (χ1) is 10.0. The predicted octanol–water partition coefficient (Wildman–Crippen LogP) is 2.63. The lowest BCUT2D eigenvalue weighted by molar-refractivity contribution is 0.300. The molecule has 21 heavy (non-hydrogen) atoms. The second kappa shape index (κ2) is 7.46.